The molecule has 0 aromatic heterocycles. The lowest BCUT2D eigenvalue weighted by atomic mass is 9.87. The van der Waals surface area contributed by atoms with Crippen LogP contribution >= 0.6 is 0 Å². The largest absolute Gasteiger partial charge is 0.379 e. The second kappa shape index (κ2) is 6.46. The van der Waals surface area contributed by atoms with Crippen molar-refractivity contribution in [2.75, 3.05) is 6.26 Å². The van der Waals surface area contributed by atoms with Gasteiger partial charge < -0.3 is 4.18 Å². The molecule has 0 heterocycles. The lowest BCUT2D eigenvalue weighted by molar-refractivity contribution is 0.483. The molecule has 0 unspecified atom stereocenters. The van der Waals surface area contributed by atoms with Crippen LogP contribution in [-0.4, -0.2) is 23.1 Å². The smallest absolute Gasteiger partial charge is 0.339 e. The fourth-order valence-corrected chi connectivity index (χ4v) is 4.17. The van der Waals surface area contributed by atoms with Crippen molar-refractivity contribution in [2.45, 2.75) is 42.9 Å². The van der Waals surface area contributed by atoms with E-state index >= 15 is 0 Å². The summed E-state index contributed by atoms with van der Waals surface area (Å²) in [5.41, 5.74) is 1.19. The van der Waals surface area contributed by atoms with Crippen LogP contribution in [0.3, 0.4) is 0 Å². The average molecular weight is 383 g/mol. The van der Waals surface area contributed by atoms with Crippen molar-refractivity contribution in [1.29, 1.82) is 0 Å². The number of hydrogen-bond donors (Lipinski definition) is 0. The summed E-state index contributed by atoms with van der Waals surface area (Å²) >= 11 is 0. The molecular weight excluding hydrogens is 360 g/mol. The molecule has 2 rings (SSSR count). The fourth-order valence-electron chi connectivity index (χ4n) is 2.27. The van der Waals surface area contributed by atoms with Gasteiger partial charge in [0.25, 0.3) is 0 Å². The van der Waals surface area contributed by atoms with Crippen molar-refractivity contribution in [3.05, 3.63) is 53.6 Å². The Kier molecular flexibility index (Phi) is 5.03. The average Bonchev–Trinajstić information content (AvgIpc) is 2.45. The molecule has 0 saturated carbocycles. The van der Waals surface area contributed by atoms with Gasteiger partial charge in [-0.3, -0.25) is 0 Å². The van der Waals surface area contributed by atoms with Crippen molar-refractivity contribution >= 4 is 20.0 Å². The molecule has 7 heteroatoms. The first-order valence-electron chi connectivity index (χ1n) is 7.66. The van der Waals surface area contributed by atoms with E-state index in [2.05, 4.69) is 0 Å². The second-order valence-electron chi connectivity index (χ2n) is 7.01. The molecule has 2 aromatic carbocycles. The molecule has 0 atom stereocenters. The number of hydrogen-bond acceptors (Lipinski definition) is 5. The summed E-state index contributed by atoms with van der Waals surface area (Å²) in [4.78, 5) is -0.222. The molecular formula is C18H22O5S2. The van der Waals surface area contributed by atoms with Crippen molar-refractivity contribution in [1.82, 2.24) is 0 Å². The molecule has 0 fully saturated rings. The van der Waals surface area contributed by atoms with Gasteiger partial charge in [0.1, 0.15) is 10.6 Å². The monoisotopic (exact) mass is 382 g/mol. The van der Waals surface area contributed by atoms with Crippen LogP contribution in [0.4, 0.5) is 0 Å². The van der Waals surface area contributed by atoms with Crippen molar-refractivity contribution in [3.8, 4) is 5.75 Å². The predicted molar refractivity (Wildman–Crippen MR) is 97.2 cm³/mol. The predicted octanol–water partition coefficient (Wildman–Crippen LogP) is 3.46. The SMILES string of the molecule is Cc1ccc(S(C)(=O)=O)cc1S(=O)(=O)Oc1cccc(C(C)(C)C)c1. The summed E-state index contributed by atoms with van der Waals surface area (Å²) in [6.07, 6.45) is 1.03. The fraction of sp³-hybridized carbons (Fsp3) is 0.333. The first kappa shape index (κ1) is 19.5. The maximum atomic E-state index is 12.6. The summed E-state index contributed by atoms with van der Waals surface area (Å²) in [6, 6.07) is 10.8. The summed E-state index contributed by atoms with van der Waals surface area (Å²) in [7, 11) is -7.67. The summed E-state index contributed by atoms with van der Waals surface area (Å²) in [6.45, 7) is 7.63. The third-order valence-corrected chi connectivity index (χ3v) is 6.26. The van der Waals surface area contributed by atoms with Crippen LogP contribution in [0.15, 0.2) is 52.3 Å². The lowest BCUT2D eigenvalue weighted by Crippen LogP contribution is -2.14. The third-order valence-electron chi connectivity index (χ3n) is 3.76. The van der Waals surface area contributed by atoms with E-state index in [1.807, 2.05) is 26.8 Å². The summed E-state index contributed by atoms with van der Waals surface area (Å²) in [5.74, 6) is 0.191. The Labute approximate surface area is 149 Å². The molecule has 0 amide bonds. The molecule has 0 N–H and O–H groups in total. The van der Waals surface area contributed by atoms with E-state index in [-0.39, 0.29) is 21.0 Å². The van der Waals surface area contributed by atoms with Crippen molar-refractivity contribution in [2.24, 2.45) is 0 Å². The minimum atomic E-state index is -4.15. The zero-order valence-electron chi connectivity index (χ0n) is 14.9. The first-order valence-corrected chi connectivity index (χ1v) is 11.0. The zero-order valence-corrected chi connectivity index (χ0v) is 16.5. The van der Waals surface area contributed by atoms with E-state index in [0.29, 0.717) is 5.56 Å². The quantitative estimate of drug-likeness (QED) is 0.757. The standard InChI is InChI=1S/C18H22O5S2/c1-13-9-10-16(24(5,19)20)12-17(13)25(21,22)23-15-8-6-7-14(11-15)18(2,3)4/h6-12H,1-5H3. The molecule has 0 aliphatic heterocycles. The van der Waals surface area contributed by atoms with Crippen LogP contribution in [0.5, 0.6) is 5.75 Å². The molecule has 0 aliphatic carbocycles. The minimum absolute atomic E-state index is 0.0660. The van der Waals surface area contributed by atoms with Gasteiger partial charge in [-0.05, 0) is 47.7 Å². The van der Waals surface area contributed by atoms with Gasteiger partial charge >= 0.3 is 10.1 Å². The van der Waals surface area contributed by atoms with Gasteiger partial charge in [-0.2, -0.15) is 8.42 Å². The van der Waals surface area contributed by atoms with Crippen LogP contribution in [0.1, 0.15) is 31.9 Å². The molecule has 5 nitrogen and oxygen atoms in total. The van der Waals surface area contributed by atoms with E-state index in [0.717, 1.165) is 17.9 Å². The topological polar surface area (TPSA) is 77.5 Å². The molecule has 0 aliphatic rings. The highest BCUT2D eigenvalue weighted by Gasteiger charge is 2.23. The molecule has 0 radical (unpaired) electrons. The van der Waals surface area contributed by atoms with E-state index in [1.165, 1.54) is 12.1 Å². The normalized spacial score (nSPS) is 12.8. The first-order chi connectivity index (χ1) is 11.3. The molecule has 0 bridgehead atoms. The zero-order chi connectivity index (χ0) is 19.0. The minimum Gasteiger partial charge on any atom is -0.379 e. The van der Waals surface area contributed by atoms with Crippen molar-refractivity contribution in [3.63, 3.8) is 0 Å². The Morgan fingerprint density at radius 1 is 0.920 bits per heavy atom. The van der Waals surface area contributed by atoms with Gasteiger partial charge in [0.2, 0.25) is 0 Å². The van der Waals surface area contributed by atoms with Gasteiger partial charge in [0.15, 0.2) is 9.84 Å². The van der Waals surface area contributed by atoms with Gasteiger partial charge in [-0.1, -0.05) is 39.0 Å². The molecule has 0 spiro atoms. The van der Waals surface area contributed by atoms with Crippen LogP contribution in [0.25, 0.3) is 0 Å². The molecule has 2 aromatic rings. The van der Waals surface area contributed by atoms with Crippen molar-refractivity contribution < 1.29 is 21.0 Å². The van der Waals surface area contributed by atoms with E-state index in [4.69, 9.17) is 4.18 Å². The maximum Gasteiger partial charge on any atom is 0.339 e. The Morgan fingerprint density at radius 2 is 1.56 bits per heavy atom. The van der Waals surface area contributed by atoms with Gasteiger partial charge in [-0.25, -0.2) is 8.42 Å². The number of sulfone groups is 1. The van der Waals surface area contributed by atoms with Crippen LogP contribution in [0.2, 0.25) is 0 Å². The summed E-state index contributed by atoms with van der Waals surface area (Å²) < 4.78 is 53.9. The Morgan fingerprint density at radius 3 is 2.12 bits per heavy atom. The van der Waals surface area contributed by atoms with E-state index < -0.39 is 20.0 Å². The van der Waals surface area contributed by atoms with Gasteiger partial charge in [0.05, 0.1) is 4.90 Å². The second-order valence-corrected chi connectivity index (χ2v) is 10.5. The molecule has 136 valence electrons. The molecule has 0 saturated heterocycles. The van der Waals surface area contributed by atoms with Crippen LogP contribution < -0.4 is 4.18 Å². The van der Waals surface area contributed by atoms with E-state index in [1.54, 1.807) is 25.1 Å². The highest BCUT2D eigenvalue weighted by Crippen LogP contribution is 2.28. The number of aryl methyl sites for hydroxylation is 1. The third kappa shape index (κ3) is 4.61. The maximum absolute atomic E-state index is 12.6. The lowest BCUT2D eigenvalue weighted by Gasteiger charge is -2.19. The Bertz CT molecular complexity index is 998. The van der Waals surface area contributed by atoms with Crippen LogP contribution in [-0.2, 0) is 25.4 Å². The van der Waals surface area contributed by atoms with Crippen LogP contribution in [0, 0.1) is 6.92 Å². The van der Waals surface area contributed by atoms with Gasteiger partial charge in [-0.15, -0.1) is 0 Å². The number of rotatable bonds is 4. The van der Waals surface area contributed by atoms with E-state index in [9.17, 15) is 16.8 Å². The molecule has 25 heavy (non-hydrogen) atoms. The highest BCUT2D eigenvalue weighted by atomic mass is 32.2. The Balaban J connectivity index is 2.47. The van der Waals surface area contributed by atoms with Gasteiger partial charge in [0, 0.05) is 6.26 Å². The number of benzene rings is 2. The Hall–Kier alpha value is -1.86. The summed E-state index contributed by atoms with van der Waals surface area (Å²) in [5, 5.41) is 0. The highest BCUT2D eigenvalue weighted by molar-refractivity contribution is 7.90.